The molecule has 0 aliphatic heterocycles. The minimum absolute atomic E-state index is 0.0686. The van der Waals surface area contributed by atoms with Crippen LogP contribution in [0.15, 0.2) is 39.4 Å². The van der Waals surface area contributed by atoms with E-state index in [1.165, 1.54) is 5.56 Å². The minimum Gasteiger partial charge on any atom is -0.469 e. The maximum absolute atomic E-state index is 12.0. The molecule has 0 bridgehead atoms. The van der Waals surface area contributed by atoms with Gasteiger partial charge in [0.2, 0.25) is 0 Å². The van der Waals surface area contributed by atoms with Gasteiger partial charge in [-0.15, -0.1) is 0 Å². The molecule has 0 spiro atoms. The maximum Gasteiger partial charge on any atom is 0.255 e. The molecular formula is C15H16BrNO2. The molecule has 0 aliphatic carbocycles. The number of halogens is 1. The Kier molecular flexibility index (Phi) is 4.43. The highest BCUT2D eigenvalue weighted by atomic mass is 79.9. The number of benzene rings is 1. The van der Waals surface area contributed by atoms with Crippen LogP contribution in [0.1, 0.15) is 27.2 Å². The Morgan fingerprint density at radius 2 is 1.95 bits per heavy atom. The van der Waals surface area contributed by atoms with Crippen LogP contribution in [0.25, 0.3) is 0 Å². The molecule has 4 heteroatoms. The van der Waals surface area contributed by atoms with Crippen molar-refractivity contribution in [2.75, 3.05) is 6.54 Å². The summed E-state index contributed by atoms with van der Waals surface area (Å²) in [5.41, 5.74) is 2.72. The maximum atomic E-state index is 12.0. The van der Waals surface area contributed by atoms with Gasteiger partial charge >= 0.3 is 0 Å². The second kappa shape index (κ2) is 6.06. The monoisotopic (exact) mass is 321 g/mol. The largest absolute Gasteiger partial charge is 0.469 e. The predicted octanol–water partition coefficient (Wildman–Crippen LogP) is 3.63. The first-order valence-corrected chi connectivity index (χ1v) is 6.94. The van der Waals surface area contributed by atoms with Gasteiger partial charge in [-0.3, -0.25) is 4.79 Å². The molecule has 0 saturated carbocycles. The Balaban J connectivity index is 1.89. The highest BCUT2D eigenvalue weighted by molar-refractivity contribution is 9.10. The van der Waals surface area contributed by atoms with Crippen molar-refractivity contribution >= 4 is 21.8 Å². The molecule has 19 heavy (non-hydrogen) atoms. The number of carbonyl (C=O) groups excluding carboxylic acids is 1. The van der Waals surface area contributed by atoms with Crippen LogP contribution in [0.5, 0.6) is 0 Å². The molecule has 100 valence electrons. The lowest BCUT2D eigenvalue weighted by atomic mass is 10.1. The summed E-state index contributed by atoms with van der Waals surface area (Å²) in [4.78, 5) is 12.0. The van der Waals surface area contributed by atoms with Gasteiger partial charge in [0.05, 0.1) is 11.8 Å². The van der Waals surface area contributed by atoms with Crippen LogP contribution >= 0.6 is 15.9 Å². The van der Waals surface area contributed by atoms with E-state index in [9.17, 15) is 4.79 Å². The lowest BCUT2D eigenvalue weighted by Gasteiger charge is -2.05. The fourth-order valence-corrected chi connectivity index (χ4v) is 2.24. The van der Waals surface area contributed by atoms with E-state index in [-0.39, 0.29) is 5.91 Å². The quantitative estimate of drug-likeness (QED) is 0.934. The summed E-state index contributed by atoms with van der Waals surface area (Å²) in [6, 6.07) is 8.10. The highest BCUT2D eigenvalue weighted by Gasteiger charge is 2.14. The summed E-state index contributed by atoms with van der Waals surface area (Å²) < 4.78 is 6.29. The smallest absolute Gasteiger partial charge is 0.255 e. The fourth-order valence-electron chi connectivity index (χ4n) is 1.97. The molecule has 3 nitrogen and oxygen atoms in total. The van der Waals surface area contributed by atoms with E-state index < -0.39 is 0 Å². The van der Waals surface area contributed by atoms with Crippen LogP contribution in [0.3, 0.4) is 0 Å². The van der Waals surface area contributed by atoms with E-state index in [1.54, 1.807) is 13.2 Å². The number of hydrogen-bond acceptors (Lipinski definition) is 2. The summed E-state index contributed by atoms with van der Waals surface area (Å²) in [5.74, 6) is 0.597. The van der Waals surface area contributed by atoms with Gasteiger partial charge in [0.25, 0.3) is 5.91 Å². The molecule has 2 aromatic rings. The standard InChI is InChI=1S/C15H16BrNO2/c1-10-9-19-11(2)14(10)15(18)17-8-7-12-3-5-13(16)6-4-12/h3-6,9H,7-8H2,1-2H3,(H,17,18). The van der Waals surface area contributed by atoms with Crippen LogP contribution in [-0.4, -0.2) is 12.5 Å². The second-order valence-corrected chi connectivity index (χ2v) is 5.40. The molecule has 1 N–H and O–H groups in total. The third-order valence-corrected chi connectivity index (χ3v) is 3.53. The Morgan fingerprint density at radius 1 is 1.26 bits per heavy atom. The van der Waals surface area contributed by atoms with Crippen LogP contribution in [0.2, 0.25) is 0 Å². The van der Waals surface area contributed by atoms with Gasteiger partial charge in [-0.05, 0) is 38.0 Å². The third-order valence-electron chi connectivity index (χ3n) is 3.00. The summed E-state index contributed by atoms with van der Waals surface area (Å²) in [5, 5.41) is 2.92. The fraction of sp³-hybridized carbons (Fsp3) is 0.267. The van der Waals surface area contributed by atoms with E-state index >= 15 is 0 Å². The van der Waals surface area contributed by atoms with Crippen molar-refractivity contribution in [3.05, 3.63) is 57.5 Å². The number of aryl methyl sites for hydroxylation is 2. The number of rotatable bonds is 4. The van der Waals surface area contributed by atoms with Crippen LogP contribution in [0.4, 0.5) is 0 Å². The lowest BCUT2D eigenvalue weighted by molar-refractivity contribution is 0.0952. The topological polar surface area (TPSA) is 42.2 Å². The van der Waals surface area contributed by atoms with Gasteiger partial charge in [0.1, 0.15) is 5.76 Å². The Hall–Kier alpha value is -1.55. The molecule has 0 aliphatic rings. The van der Waals surface area contributed by atoms with E-state index in [0.717, 1.165) is 16.5 Å². The first-order valence-electron chi connectivity index (χ1n) is 6.15. The molecular weight excluding hydrogens is 306 g/mol. The van der Waals surface area contributed by atoms with E-state index in [2.05, 4.69) is 21.2 Å². The number of carbonyl (C=O) groups is 1. The Labute approximate surface area is 121 Å². The zero-order chi connectivity index (χ0) is 13.8. The number of hydrogen-bond donors (Lipinski definition) is 1. The van der Waals surface area contributed by atoms with Gasteiger partial charge in [0.15, 0.2) is 0 Å². The molecule has 0 saturated heterocycles. The Bertz CT molecular complexity index is 553. The molecule has 1 aromatic carbocycles. The molecule has 2 rings (SSSR count). The first kappa shape index (κ1) is 13.9. The van der Waals surface area contributed by atoms with Crippen molar-refractivity contribution in [2.24, 2.45) is 0 Å². The zero-order valence-corrected chi connectivity index (χ0v) is 12.6. The van der Waals surface area contributed by atoms with Gasteiger partial charge < -0.3 is 9.73 Å². The van der Waals surface area contributed by atoms with Crippen LogP contribution < -0.4 is 5.32 Å². The van der Waals surface area contributed by atoms with Crippen molar-refractivity contribution in [3.63, 3.8) is 0 Å². The molecule has 1 amide bonds. The summed E-state index contributed by atoms with van der Waals surface area (Å²) in [7, 11) is 0. The van der Waals surface area contributed by atoms with Crippen molar-refractivity contribution in [1.29, 1.82) is 0 Å². The number of furan rings is 1. The first-order chi connectivity index (χ1) is 9.08. The molecule has 0 atom stereocenters. The van der Waals surface area contributed by atoms with Gasteiger partial charge in [0, 0.05) is 16.6 Å². The molecule has 0 unspecified atom stereocenters. The predicted molar refractivity (Wildman–Crippen MR) is 78.4 cm³/mol. The average Bonchev–Trinajstić information content (AvgIpc) is 2.71. The summed E-state index contributed by atoms with van der Waals surface area (Å²) >= 11 is 3.40. The van der Waals surface area contributed by atoms with Crippen molar-refractivity contribution in [2.45, 2.75) is 20.3 Å². The van der Waals surface area contributed by atoms with Crippen molar-refractivity contribution in [3.8, 4) is 0 Å². The average molecular weight is 322 g/mol. The second-order valence-electron chi connectivity index (χ2n) is 4.48. The lowest BCUT2D eigenvalue weighted by Crippen LogP contribution is -2.26. The number of amides is 1. The van der Waals surface area contributed by atoms with E-state index in [0.29, 0.717) is 17.9 Å². The summed E-state index contributed by atoms with van der Waals surface area (Å²) in [6.07, 6.45) is 2.42. The minimum atomic E-state index is -0.0686. The SMILES string of the molecule is Cc1coc(C)c1C(=O)NCCc1ccc(Br)cc1. The van der Waals surface area contributed by atoms with Crippen LogP contribution in [0, 0.1) is 13.8 Å². The molecule has 0 radical (unpaired) electrons. The highest BCUT2D eigenvalue weighted by Crippen LogP contribution is 2.15. The van der Waals surface area contributed by atoms with Gasteiger partial charge in [-0.1, -0.05) is 28.1 Å². The van der Waals surface area contributed by atoms with E-state index in [4.69, 9.17) is 4.42 Å². The molecule has 1 heterocycles. The van der Waals surface area contributed by atoms with Crippen molar-refractivity contribution in [1.82, 2.24) is 5.32 Å². The molecule has 1 aromatic heterocycles. The normalized spacial score (nSPS) is 10.5. The van der Waals surface area contributed by atoms with E-state index in [1.807, 2.05) is 31.2 Å². The van der Waals surface area contributed by atoms with Gasteiger partial charge in [-0.2, -0.15) is 0 Å². The third kappa shape index (κ3) is 3.47. The zero-order valence-electron chi connectivity index (χ0n) is 11.0. The number of nitrogens with one attached hydrogen (secondary N) is 1. The molecule has 0 fully saturated rings. The van der Waals surface area contributed by atoms with Gasteiger partial charge in [-0.25, -0.2) is 0 Å². The summed E-state index contributed by atoms with van der Waals surface area (Å²) in [6.45, 7) is 4.29. The Morgan fingerprint density at radius 3 is 2.53 bits per heavy atom. The van der Waals surface area contributed by atoms with Crippen LogP contribution in [-0.2, 0) is 6.42 Å². The van der Waals surface area contributed by atoms with Crippen molar-refractivity contribution < 1.29 is 9.21 Å².